The fourth-order valence-corrected chi connectivity index (χ4v) is 3.27. The third-order valence-corrected chi connectivity index (χ3v) is 4.79. The molecular formula is C18H14N4O4S. The van der Waals surface area contributed by atoms with E-state index in [9.17, 15) is 4.79 Å². The van der Waals surface area contributed by atoms with Gasteiger partial charge < -0.3 is 13.7 Å². The van der Waals surface area contributed by atoms with Crippen molar-refractivity contribution >= 4 is 22.4 Å². The fraction of sp³-hybridized carbons (Fsp3) is 0.111. The lowest BCUT2D eigenvalue weighted by Crippen LogP contribution is -2.10. The van der Waals surface area contributed by atoms with Crippen molar-refractivity contribution in [1.82, 2.24) is 15.1 Å². The molecule has 3 aromatic heterocycles. The first-order chi connectivity index (χ1) is 13.1. The zero-order valence-corrected chi connectivity index (χ0v) is 15.2. The van der Waals surface area contributed by atoms with Gasteiger partial charge in [-0.3, -0.25) is 10.1 Å². The maximum absolute atomic E-state index is 12.1. The molecule has 1 N–H and O–H groups in total. The van der Waals surface area contributed by atoms with E-state index in [1.165, 1.54) is 17.6 Å². The van der Waals surface area contributed by atoms with Crippen molar-refractivity contribution in [1.29, 1.82) is 0 Å². The average molecular weight is 382 g/mol. The molecule has 136 valence electrons. The number of rotatable bonds is 5. The molecule has 3 heterocycles. The van der Waals surface area contributed by atoms with Gasteiger partial charge in [-0.05, 0) is 43.3 Å². The number of ether oxygens (including phenoxy) is 1. The smallest absolute Gasteiger partial charge is 0.293 e. The number of amides is 1. The number of nitrogens with zero attached hydrogens (tertiary/aromatic N) is 3. The Morgan fingerprint density at radius 1 is 1.19 bits per heavy atom. The van der Waals surface area contributed by atoms with Crippen LogP contribution in [0.15, 0.2) is 51.6 Å². The minimum Gasteiger partial charge on any atom is -0.497 e. The highest BCUT2D eigenvalue weighted by Crippen LogP contribution is 2.33. The molecule has 1 amide bonds. The molecule has 1 aromatic carbocycles. The summed E-state index contributed by atoms with van der Waals surface area (Å²) in [5.74, 6) is 1.39. The molecule has 0 saturated carbocycles. The first-order valence-electron chi connectivity index (χ1n) is 7.95. The molecule has 4 aromatic rings. The average Bonchev–Trinajstić information content (AvgIpc) is 3.42. The van der Waals surface area contributed by atoms with E-state index in [4.69, 9.17) is 13.7 Å². The van der Waals surface area contributed by atoms with Crippen LogP contribution < -0.4 is 10.1 Å². The predicted octanol–water partition coefficient (Wildman–Crippen LogP) is 4.02. The van der Waals surface area contributed by atoms with E-state index >= 15 is 0 Å². The number of aryl methyl sites for hydroxylation is 1. The van der Waals surface area contributed by atoms with E-state index in [1.807, 2.05) is 31.2 Å². The van der Waals surface area contributed by atoms with E-state index in [0.717, 1.165) is 11.3 Å². The van der Waals surface area contributed by atoms with Gasteiger partial charge in [0.25, 0.3) is 11.8 Å². The van der Waals surface area contributed by atoms with Crippen LogP contribution in [0.1, 0.15) is 16.2 Å². The number of thiazole rings is 1. The Morgan fingerprint density at radius 3 is 2.70 bits per heavy atom. The lowest BCUT2D eigenvalue weighted by molar-refractivity contribution is 0.0996. The van der Waals surface area contributed by atoms with Gasteiger partial charge in [-0.1, -0.05) is 16.5 Å². The Kier molecular flexibility index (Phi) is 4.43. The second-order valence-electron chi connectivity index (χ2n) is 5.52. The molecule has 0 fully saturated rings. The number of hydrogen-bond acceptors (Lipinski definition) is 8. The highest BCUT2D eigenvalue weighted by Gasteiger charge is 2.19. The van der Waals surface area contributed by atoms with Crippen LogP contribution in [-0.4, -0.2) is 28.1 Å². The van der Waals surface area contributed by atoms with E-state index in [2.05, 4.69) is 20.4 Å². The summed E-state index contributed by atoms with van der Waals surface area (Å²) in [6.07, 6.45) is 1.44. The van der Waals surface area contributed by atoms with Crippen LogP contribution in [0.2, 0.25) is 0 Å². The zero-order chi connectivity index (χ0) is 18.8. The topological polar surface area (TPSA) is 103 Å². The molecule has 0 aliphatic rings. The Balaban J connectivity index is 1.56. The van der Waals surface area contributed by atoms with Gasteiger partial charge in [0.2, 0.25) is 5.82 Å². The molecule has 0 aliphatic carbocycles. The second-order valence-corrected chi connectivity index (χ2v) is 6.52. The fourth-order valence-electron chi connectivity index (χ4n) is 2.39. The quantitative estimate of drug-likeness (QED) is 0.556. The van der Waals surface area contributed by atoms with E-state index in [-0.39, 0.29) is 11.7 Å². The Hall–Kier alpha value is -3.46. The van der Waals surface area contributed by atoms with Crippen LogP contribution >= 0.6 is 11.3 Å². The summed E-state index contributed by atoms with van der Waals surface area (Å²) in [4.78, 5) is 21.5. The van der Waals surface area contributed by atoms with Gasteiger partial charge in [0, 0.05) is 5.56 Å². The van der Waals surface area contributed by atoms with Crippen LogP contribution in [0, 0.1) is 6.92 Å². The number of furan rings is 1. The van der Waals surface area contributed by atoms with Gasteiger partial charge >= 0.3 is 0 Å². The number of anilines is 1. The highest BCUT2D eigenvalue weighted by atomic mass is 32.1. The number of carbonyl (C=O) groups excluding carboxylic acids is 1. The highest BCUT2D eigenvalue weighted by molar-refractivity contribution is 7.19. The van der Waals surface area contributed by atoms with Crippen molar-refractivity contribution in [2.45, 2.75) is 6.92 Å². The summed E-state index contributed by atoms with van der Waals surface area (Å²) < 4.78 is 15.6. The molecule has 9 heteroatoms. The summed E-state index contributed by atoms with van der Waals surface area (Å²) in [6.45, 7) is 1.81. The third-order valence-electron chi connectivity index (χ3n) is 3.73. The molecule has 0 bridgehead atoms. The van der Waals surface area contributed by atoms with Gasteiger partial charge in [0.15, 0.2) is 10.9 Å². The number of aromatic nitrogens is 3. The van der Waals surface area contributed by atoms with Crippen LogP contribution in [0.25, 0.3) is 22.2 Å². The number of hydrogen-bond donors (Lipinski definition) is 1. The minimum atomic E-state index is -0.371. The van der Waals surface area contributed by atoms with Crippen molar-refractivity contribution in [3.05, 3.63) is 54.1 Å². The van der Waals surface area contributed by atoms with Gasteiger partial charge in [0.1, 0.15) is 10.6 Å². The molecule has 8 nitrogen and oxygen atoms in total. The van der Waals surface area contributed by atoms with E-state index in [1.54, 1.807) is 19.2 Å². The monoisotopic (exact) mass is 382 g/mol. The Morgan fingerprint density at radius 2 is 2.00 bits per heavy atom. The van der Waals surface area contributed by atoms with Crippen LogP contribution in [-0.2, 0) is 0 Å². The lowest BCUT2D eigenvalue weighted by Gasteiger charge is -1.98. The Labute approximate surface area is 157 Å². The van der Waals surface area contributed by atoms with Crippen molar-refractivity contribution in [3.8, 4) is 27.9 Å². The second kappa shape index (κ2) is 7.04. The van der Waals surface area contributed by atoms with Crippen LogP contribution in [0.5, 0.6) is 5.75 Å². The van der Waals surface area contributed by atoms with Crippen LogP contribution in [0.3, 0.4) is 0 Å². The summed E-state index contributed by atoms with van der Waals surface area (Å²) in [5.41, 5.74) is 1.49. The number of nitrogens with one attached hydrogen (secondary N) is 1. The minimum absolute atomic E-state index is 0.212. The summed E-state index contributed by atoms with van der Waals surface area (Å²) in [5, 5.41) is 7.14. The SMILES string of the molecule is COc1ccc(-c2noc(-c3sc(NC(=O)c4ccco4)nc3C)n2)cc1. The van der Waals surface area contributed by atoms with E-state index < -0.39 is 0 Å². The summed E-state index contributed by atoms with van der Waals surface area (Å²) in [6, 6.07) is 10.6. The van der Waals surface area contributed by atoms with E-state index in [0.29, 0.717) is 27.4 Å². The van der Waals surface area contributed by atoms with Crippen molar-refractivity contribution in [3.63, 3.8) is 0 Å². The van der Waals surface area contributed by atoms with Gasteiger partial charge in [-0.15, -0.1) is 0 Å². The molecular weight excluding hydrogens is 368 g/mol. The van der Waals surface area contributed by atoms with Crippen molar-refractivity contribution in [2.75, 3.05) is 12.4 Å². The number of carbonyl (C=O) groups is 1. The van der Waals surface area contributed by atoms with Crippen molar-refractivity contribution in [2.24, 2.45) is 0 Å². The predicted molar refractivity (Wildman–Crippen MR) is 98.8 cm³/mol. The molecule has 0 aliphatic heterocycles. The van der Waals surface area contributed by atoms with Crippen molar-refractivity contribution < 1.29 is 18.5 Å². The molecule has 0 unspecified atom stereocenters. The number of benzene rings is 1. The maximum Gasteiger partial charge on any atom is 0.293 e. The first-order valence-corrected chi connectivity index (χ1v) is 8.76. The van der Waals surface area contributed by atoms with Crippen LogP contribution in [0.4, 0.5) is 5.13 Å². The molecule has 0 atom stereocenters. The lowest BCUT2D eigenvalue weighted by atomic mass is 10.2. The largest absolute Gasteiger partial charge is 0.497 e. The normalized spacial score (nSPS) is 10.7. The molecule has 4 rings (SSSR count). The molecule has 27 heavy (non-hydrogen) atoms. The zero-order valence-electron chi connectivity index (χ0n) is 14.4. The molecule has 0 spiro atoms. The Bertz CT molecular complexity index is 1070. The summed E-state index contributed by atoms with van der Waals surface area (Å²) >= 11 is 1.25. The molecule has 0 saturated heterocycles. The maximum atomic E-state index is 12.1. The standard InChI is InChI=1S/C18H14N4O4S/c1-10-14(27-18(19-10)21-16(23)13-4-3-9-25-13)17-20-15(22-26-17)11-5-7-12(24-2)8-6-11/h3-9H,1-2H3,(H,19,21,23). The third kappa shape index (κ3) is 3.44. The number of methoxy groups -OCH3 is 1. The van der Waals surface area contributed by atoms with Gasteiger partial charge in [-0.25, -0.2) is 4.98 Å². The van der Waals surface area contributed by atoms with Gasteiger partial charge in [-0.2, -0.15) is 4.98 Å². The summed E-state index contributed by atoms with van der Waals surface area (Å²) in [7, 11) is 1.61. The van der Waals surface area contributed by atoms with Gasteiger partial charge in [0.05, 0.1) is 19.1 Å². The first kappa shape index (κ1) is 17.0. The molecule has 0 radical (unpaired) electrons.